The molecule has 1 aromatic heterocycles. The van der Waals surface area contributed by atoms with Crippen LogP contribution in [0.25, 0.3) is 10.2 Å². The number of fused-ring (bicyclic) bond motifs is 1. The zero-order valence-electron chi connectivity index (χ0n) is 19.0. The number of hydrogen-bond acceptors (Lipinski definition) is 5. The molecular weight excluding hydrogens is 481 g/mol. The molecule has 0 spiro atoms. The lowest BCUT2D eigenvalue weighted by molar-refractivity contribution is 0.0720. The van der Waals surface area contributed by atoms with Crippen molar-refractivity contribution in [1.29, 1.82) is 0 Å². The van der Waals surface area contributed by atoms with E-state index in [2.05, 4.69) is 10.3 Å². The number of nitrogens with zero attached hydrogens (tertiary/aromatic N) is 2. The molecule has 0 aliphatic carbocycles. The number of rotatable bonds is 6. The van der Waals surface area contributed by atoms with Crippen LogP contribution in [0.4, 0.5) is 10.1 Å². The highest BCUT2D eigenvalue weighted by Crippen LogP contribution is 2.33. The van der Waals surface area contributed by atoms with Gasteiger partial charge >= 0.3 is 0 Å². The topological polar surface area (TPSA) is 62.3 Å². The molecule has 2 heterocycles. The minimum absolute atomic E-state index is 0.0869. The largest absolute Gasteiger partial charge is 0.339 e. The number of benzene rings is 3. The van der Waals surface area contributed by atoms with E-state index in [0.717, 1.165) is 52.5 Å². The Kier molecular flexibility index (Phi) is 7.11. The number of thiazole rings is 1. The molecular formula is C27H24FN3O2S2. The van der Waals surface area contributed by atoms with E-state index in [9.17, 15) is 14.0 Å². The van der Waals surface area contributed by atoms with Crippen LogP contribution >= 0.6 is 23.1 Å². The van der Waals surface area contributed by atoms with Crippen LogP contribution in [0.2, 0.25) is 0 Å². The fourth-order valence-corrected chi connectivity index (χ4v) is 6.17. The molecule has 5 nitrogen and oxygen atoms in total. The summed E-state index contributed by atoms with van der Waals surface area (Å²) in [4.78, 5) is 32.7. The summed E-state index contributed by atoms with van der Waals surface area (Å²) >= 11 is 3.15. The van der Waals surface area contributed by atoms with Gasteiger partial charge in [-0.3, -0.25) is 9.59 Å². The van der Waals surface area contributed by atoms with Gasteiger partial charge in [0.1, 0.15) is 5.82 Å². The van der Waals surface area contributed by atoms with Crippen molar-refractivity contribution in [2.75, 3.05) is 18.4 Å². The van der Waals surface area contributed by atoms with E-state index in [0.29, 0.717) is 22.6 Å². The van der Waals surface area contributed by atoms with E-state index in [4.69, 9.17) is 0 Å². The number of thioether (sulfide) groups is 1. The minimum Gasteiger partial charge on any atom is -0.339 e. The monoisotopic (exact) mass is 505 g/mol. The molecule has 1 aliphatic rings. The maximum absolute atomic E-state index is 13.1. The molecule has 2 amide bonds. The minimum atomic E-state index is -0.305. The van der Waals surface area contributed by atoms with E-state index in [1.54, 1.807) is 59.5 Å². The second-order valence-electron chi connectivity index (χ2n) is 8.43. The van der Waals surface area contributed by atoms with Crippen molar-refractivity contribution in [2.45, 2.75) is 29.4 Å². The van der Waals surface area contributed by atoms with Crippen molar-refractivity contribution in [1.82, 2.24) is 9.88 Å². The first-order valence-electron chi connectivity index (χ1n) is 11.5. The van der Waals surface area contributed by atoms with Crippen molar-refractivity contribution < 1.29 is 14.0 Å². The van der Waals surface area contributed by atoms with E-state index >= 15 is 0 Å². The third-order valence-corrected chi connectivity index (χ3v) is 8.18. The summed E-state index contributed by atoms with van der Waals surface area (Å²) in [6.07, 6.45) is 3.14. The highest BCUT2D eigenvalue weighted by Gasteiger charge is 2.23. The quantitative estimate of drug-likeness (QED) is 0.300. The summed E-state index contributed by atoms with van der Waals surface area (Å²) in [6, 6.07) is 19.1. The van der Waals surface area contributed by atoms with Gasteiger partial charge in [-0.25, -0.2) is 9.37 Å². The zero-order valence-corrected chi connectivity index (χ0v) is 20.6. The Labute approximate surface area is 211 Å². The van der Waals surface area contributed by atoms with Crippen molar-refractivity contribution in [2.24, 2.45) is 0 Å². The number of likely N-dealkylation sites (tertiary alicyclic amines) is 1. The van der Waals surface area contributed by atoms with E-state index in [1.807, 2.05) is 23.1 Å². The van der Waals surface area contributed by atoms with Crippen LogP contribution in [-0.2, 0) is 5.75 Å². The Morgan fingerprint density at radius 3 is 2.49 bits per heavy atom. The molecule has 5 rings (SSSR count). The third kappa shape index (κ3) is 5.55. The first-order valence-corrected chi connectivity index (χ1v) is 13.3. The summed E-state index contributed by atoms with van der Waals surface area (Å²) in [7, 11) is 0. The highest BCUT2D eigenvalue weighted by molar-refractivity contribution is 8.00. The average Bonchev–Trinajstić information content (AvgIpc) is 3.30. The average molecular weight is 506 g/mol. The molecule has 1 aliphatic heterocycles. The van der Waals surface area contributed by atoms with Crippen LogP contribution in [0.1, 0.15) is 45.5 Å². The Hall–Kier alpha value is -3.23. The van der Waals surface area contributed by atoms with Crippen molar-refractivity contribution in [3.05, 3.63) is 89.2 Å². The van der Waals surface area contributed by atoms with Gasteiger partial charge in [0.05, 0.1) is 21.3 Å². The smallest absolute Gasteiger partial charge is 0.256 e. The Bertz CT molecular complexity index is 1360. The normalized spacial score (nSPS) is 13.7. The number of amides is 2. The molecule has 1 saturated heterocycles. The van der Waals surface area contributed by atoms with Gasteiger partial charge in [0.2, 0.25) is 0 Å². The van der Waals surface area contributed by atoms with E-state index in [-0.39, 0.29) is 17.6 Å². The number of halogens is 1. The van der Waals surface area contributed by atoms with Crippen LogP contribution in [-0.4, -0.2) is 34.8 Å². The number of aromatic nitrogens is 1. The first kappa shape index (κ1) is 23.5. The fourth-order valence-electron chi connectivity index (χ4n) is 4.10. The molecule has 0 unspecified atom stereocenters. The Morgan fingerprint density at radius 1 is 0.971 bits per heavy atom. The SMILES string of the molecule is O=C(Nc1ccc2nc(SCc3ccc(F)cc3)sc2c1)c1ccccc1C(=O)N1CCCCC1. The maximum atomic E-state index is 13.1. The predicted octanol–water partition coefficient (Wildman–Crippen LogP) is 6.61. The standard InChI is InChI=1S/C27H24FN3O2S2/c28-19-10-8-18(9-11-19)17-34-27-30-23-13-12-20(16-24(23)35-27)29-25(32)21-6-2-3-7-22(21)26(33)31-14-4-1-5-15-31/h2-3,6-13,16H,1,4-5,14-15,17H2,(H,29,32). The molecule has 0 atom stereocenters. The molecule has 35 heavy (non-hydrogen) atoms. The van der Waals surface area contributed by atoms with Gasteiger partial charge in [-0.2, -0.15) is 0 Å². The second-order valence-corrected chi connectivity index (χ2v) is 10.7. The second kappa shape index (κ2) is 10.6. The predicted molar refractivity (Wildman–Crippen MR) is 140 cm³/mol. The lowest BCUT2D eigenvalue weighted by atomic mass is 10.0. The number of anilines is 1. The van der Waals surface area contributed by atoms with Gasteiger partial charge in [-0.15, -0.1) is 11.3 Å². The highest BCUT2D eigenvalue weighted by atomic mass is 32.2. The lowest BCUT2D eigenvalue weighted by Gasteiger charge is -2.27. The number of piperidine rings is 1. The fraction of sp³-hybridized carbons (Fsp3) is 0.222. The molecule has 0 radical (unpaired) electrons. The zero-order chi connectivity index (χ0) is 24.2. The van der Waals surface area contributed by atoms with Crippen LogP contribution in [0.15, 0.2) is 71.1 Å². The first-order chi connectivity index (χ1) is 17.1. The summed E-state index contributed by atoms with van der Waals surface area (Å²) in [5.41, 5.74) is 3.35. The van der Waals surface area contributed by atoms with Crippen LogP contribution in [0.5, 0.6) is 0 Å². The van der Waals surface area contributed by atoms with Crippen LogP contribution in [0.3, 0.4) is 0 Å². The number of nitrogens with one attached hydrogen (secondary N) is 1. The third-order valence-electron chi connectivity index (χ3n) is 5.95. The molecule has 3 aromatic carbocycles. The van der Waals surface area contributed by atoms with Crippen molar-refractivity contribution in [3.63, 3.8) is 0 Å². The Morgan fingerprint density at radius 2 is 1.71 bits per heavy atom. The van der Waals surface area contributed by atoms with Gasteiger partial charge in [0.25, 0.3) is 11.8 Å². The summed E-state index contributed by atoms with van der Waals surface area (Å²) in [6.45, 7) is 1.47. The Balaban J connectivity index is 1.29. The molecule has 178 valence electrons. The lowest BCUT2D eigenvalue weighted by Crippen LogP contribution is -2.36. The number of carbonyl (C=O) groups excluding carboxylic acids is 2. The van der Waals surface area contributed by atoms with E-state index in [1.165, 1.54) is 12.1 Å². The van der Waals surface area contributed by atoms with Crippen molar-refractivity contribution in [3.8, 4) is 0 Å². The summed E-state index contributed by atoms with van der Waals surface area (Å²) in [5.74, 6) is 0.0645. The van der Waals surface area contributed by atoms with Crippen LogP contribution in [0, 0.1) is 5.82 Å². The number of hydrogen-bond donors (Lipinski definition) is 1. The van der Waals surface area contributed by atoms with Gasteiger partial charge in [-0.1, -0.05) is 36.0 Å². The number of carbonyl (C=O) groups is 2. The molecule has 8 heteroatoms. The van der Waals surface area contributed by atoms with Gasteiger partial charge in [0, 0.05) is 24.5 Å². The van der Waals surface area contributed by atoms with Gasteiger partial charge in [0.15, 0.2) is 4.34 Å². The van der Waals surface area contributed by atoms with Crippen molar-refractivity contribution >= 4 is 50.8 Å². The maximum Gasteiger partial charge on any atom is 0.256 e. The summed E-state index contributed by atoms with van der Waals surface area (Å²) in [5, 5.41) is 2.95. The molecule has 1 N–H and O–H groups in total. The molecule has 0 bridgehead atoms. The molecule has 1 fully saturated rings. The molecule has 0 saturated carbocycles. The summed E-state index contributed by atoms with van der Waals surface area (Å²) < 4.78 is 15.0. The van der Waals surface area contributed by atoms with E-state index < -0.39 is 0 Å². The van der Waals surface area contributed by atoms with Crippen LogP contribution < -0.4 is 5.32 Å². The van der Waals surface area contributed by atoms with Gasteiger partial charge in [-0.05, 0) is 67.3 Å². The molecule has 4 aromatic rings. The van der Waals surface area contributed by atoms with Gasteiger partial charge < -0.3 is 10.2 Å².